The van der Waals surface area contributed by atoms with E-state index in [1.54, 1.807) is 0 Å². The summed E-state index contributed by atoms with van der Waals surface area (Å²) in [7, 11) is 0. The number of nitrogens with one attached hydrogen (secondary N) is 1. The van der Waals surface area contributed by atoms with Crippen LogP contribution in [0, 0.1) is 0 Å². The van der Waals surface area contributed by atoms with Crippen LogP contribution >= 0.6 is 47.0 Å². The molecule has 0 amide bonds. The van der Waals surface area contributed by atoms with Crippen LogP contribution in [0.25, 0.3) is 0 Å². The Hall–Kier alpha value is -0.880. The smallest absolute Gasteiger partial charge is 0.0994 e. The van der Waals surface area contributed by atoms with E-state index in [9.17, 15) is 0 Å². The van der Waals surface area contributed by atoms with Gasteiger partial charge >= 0.3 is 0 Å². The van der Waals surface area contributed by atoms with Gasteiger partial charge in [-0.3, -0.25) is 0 Å². The number of benzene rings is 2. The van der Waals surface area contributed by atoms with Crippen molar-refractivity contribution in [2.24, 2.45) is 0 Å². The van der Waals surface area contributed by atoms with Gasteiger partial charge in [-0.25, -0.2) is 0 Å². The number of aromatic amines is 1. The Kier molecular flexibility index (Phi) is 3.70. The Labute approximate surface area is 152 Å². The first-order chi connectivity index (χ1) is 11.4. The molecule has 0 atom stereocenters. The van der Waals surface area contributed by atoms with E-state index in [0.717, 1.165) is 0 Å². The second-order valence-corrected chi connectivity index (χ2v) is 10.6. The molecule has 3 aromatic rings. The molecule has 0 aliphatic carbocycles. The molecule has 0 bridgehead atoms. The highest BCUT2D eigenvalue weighted by Gasteiger charge is 2.28. The van der Waals surface area contributed by atoms with Gasteiger partial charge in [0.1, 0.15) is 0 Å². The third-order valence-electron chi connectivity index (χ3n) is 3.87. The van der Waals surface area contributed by atoms with Crippen molar-refractivity contribution in [3.63, 3.8) is 0 Å². The number of rotatable bonds is 2. The predicted octanol–water partition coefficient (Wildman–Crippen LogP) is 6.81. The van der Waals surface area contributed by atoms with Gasteiger partial charge in [0.15, 0.2) is 0 Å². The van der Waals surface area contributed by atoms with Gasteiger partial charge in [0.2, 0.25) is 0 Å². The van der Waals surface area contributed by atoms with Gasteiger partial charge in [-0.1, -0.05) is 24.3 Å². The lowest BCUT2D eigenvalue weighted by Crippen LogP contribution is -1.88. The van der Waals surface area contributed by atoms with Crippen molar-refractivity contribution in [3.8, 4) is 0 Å². The van der Waals surface area contributed by atoms with Crippen LogP contribution in [0.5, 0.6) is 0 Å². The molecule has 0 unspecified atom stereocenters. The molecule has 5 heteroatoms. The number of hydrogen-bond acceptors (Lipinski definition) is 4. The van der Waals surface area contributed by atoms with E-state index in [0.29, 0.717) is 9.16 Å². The monoisotopic (exact) mass is 371 g/mol. The summed E-state index contributed by atoms with van der Waals surface area (Å²) in [4.78, 5) is 9.28. The summed E-state index contributed by atoms with van der Waals surface area (Å²) in [6, 6.07) is 21.9. The topological polar surface area (TPSA) is 15.8 Å². The van der Waals surface area contributed by atoms with E-state index >= 15 is 0 Å². The number of thioether (sulfide) groups is 4. The molecule has 1 N–H and O–H groups in total. The maximum Gasteiger partial charge on any atom is 0.0994 e. The molecule has 114 valence electrons. The van der Waals surface area contributed by atoms with Crippen LogP contribution in [0.2, 0.25) is 0 Å². The van der Waals surface area contributed by atoms with Crippen LogP contribution < -0.4 is 0 Å². The molecule has 2 aliphatic rings. The summed E-state index contributed by atoms with van der Waals surface area (Å²) in [5.74, 6) is 0. The normalized spacial score (nSPS) is 17.4. The Morgan fingerprint density at radius 2 is 0.870 bits per heavy atom. The standard InChI is InChI=1S/C18H13NS4/c1-2-6-14-13(5-1)20-17(21-14)11-9-10-12(19-11)18-22-15-7-3-4-8-16(15)23-18/h1-10,17-19H. The molecule has 1 aromatic heterocycles. The first kappa shape index (κ1) is 14.5. The average Bonchev–Trinajstić information content (AvgIpc) is 3.30. The lowest BCUT2D eigenvalue weighted by atomic mass is 10.4. The van der Waals surface area contributed by atoms with E-state index in [1.165, 1.54) is 31.0 Å². The van der Waals surface area contributed by atoms with Gasteiger partial charge in [0.05, 0.1) is 9.16 Å². The fraction of sp³-hybridized carbons (Fsp3) is 0.111. The summed E-state index contributed by atoms with van der Waals surface area (Å²) >= 11 is 7.80. The second kappa shape index (κ2) is 5.88. The number of aromatic nitrogens is 1. The van der Waals surface area contributed by atoms with Crippen LogP contribution in [-0.2, 0) is 0 Å². The van der Waals surface area contributed by atoms with E-state index < -0.39 is 0 Å². The van der Waals surface area contributed by atoms with Crippen LogP contribution in [0.4, 0.5) is 0 Å². The Morgan fingerprint density at radius 1 is 0.522 bits per heavy atom. The zero-order chi connectivity index (χ0) is 15.2. The van der Waals surface area contributed by atoms with Gasteiger partial charge in [0.25, 0.3) is 0 Å². The third-order valence-corrected chi connectivity index (χ3v) is 9.60. The molecule has 1 nitrogen and oxygen atoms in total. The van der Waals surface area contributed by atoms with Crippen molar-refractivity contribution in [2.75, 3.05) is 0 Å². The van der Waals surface area contributed by atoms with Gasteiger partial charge in [-0.05, 0) is 36.4 Å². The summed E-state index contributed by atoms with van der Waals surface area (Å²) in [5, 5.41) is 0. The minimum atomic E-state index is 0.444. The third kappa shape index (κ3) is 2.64. The zero-order valence-electron chi connectivity index (χ0n) is 12.1. The summed E-state index contributed by atoms with van der Waals surface area (Å²) in [6.07, 6.45) is 0. The summed E-state index contributed by atoms with van der Waals surface area (Å²) < 4.78 is 0.889. The lowest BCUT2D eigenvalue weighted by Gasteiger charge is -2.07. The first-order valence-electron chi connectivity index (χ1n) is 7.40. The number of H-pyrrole nitrogens is 1. The van der Waals surface area contributed by atoms with Crippen molar-refractivity contribution in [1.82, 2.24) is 4.98 Å². The first-order valence-corrected chi connectivity index (χ1v) is 10.9. The van der Waals surface area contributed by atoms with Crippen LogP contribution in [0.1, 0.15) is 20.6 Å². The SMILES string of the molecule is c1ccc2c(c1)SC(c1ccc(C3Sc4ccccc4S3)[nH]1)S2. The highest BCUT2D eigenvalue weighted by Crippen LogP contribution is 2.58. The Balaban J connectivity index is 1.37. The second-order valence-electron chi connectivity index (χ2n) is 5.40. The van der Waals surface area contributed by atoms with Crippen molar-refractivity contribution in [2.45, 2.75) is 28.7 Å². The van der Waals surface area contributed by atoms with Crippen molar-refractivity contribution in [3.05, 3.63) is 72.1 Å². The van der Waals surface area contributed by atoms with Crippen LogP contribution in [0.3, 0.4) is 0 Å². The minimum Gasteiger partial charge on any atom is -0.359 e. The Morgan fingerprint density at radius 3 is 1.22 bits per heavy atom. The van der Waals surface area contributed by atoms with E-state index in [1.807, 2.05) is 47.0 Å². The highest BCUT2D eigenvalue weighted by atomic mass is 32.2. The fourth-order valence-corrected chi connectivity index (χ4v) is 8.31. The van der Waals surface area contributed by atoms with E-state index in [-0.39, 0.29) is 0 Å². The van der Waals surface area contributed by atoms with Crippen molar-refractivity contribution in [1.29, 1.82) is 0 Å². The fourth-order valence-electron chi connectivity index (χ4n) is 2.76. The molecule has 0 spiro atoms. The largest absolute Gasteiger partial charge is 0.359 e. The van der Waals surface area contributed by atoms with Gasteiger partial charge < -0.3 is 4.98 Å². The molecule has 0 radical (unpaired) electrons. The molecule has 5 rings (SSSR count). The minimum absolute atomic E-state index is 0.444. The molecule has 3 heterocycles. The van der Waals surface area contributed by atoms with Crippen molar-refractivity contribution < 1.29 is 0 Å². The van der Waals surface area contributed by atoms with Crippen LogP contribution in [-0.4, -0.2) is 4.98 Å². The molecular weight excluding hydrogens is 358 g/mol. The van der Waals surface area contributed by atoms with E-state index in [2.05, 4.69) is 65.6 Å². The Bertz CT molecular complexity index is 753. The lowest BCUT2D eigenvalue weighted by molar-refractivity contribution is 1.14. The van der Waals surface area contributed by atoms with E-state index in [4.69, 9.17) is 0 Å². The molecule has 2 aromatic carbocycles. The quantitative estimate of drug-likeness (QED) is 0.532. The number of hydrogen-bond donors (Lipinski definition) is 1. The molecular formula is C18H13NS4. The van der Waals surface area contributed by atoms with Crippen molar-refractivity contribution >= 4 is 47.0 Å². The molecule has 0 fully saturated rings. The van der Waals surface area contributed by atoms with Gasteiger partial charge in [-0.2, -0.15) is 0 Å². The average molecular weight is 372 g/mol. The molecule has 2 aliphatic heterocycles. The van der Waals surface area contributed by atoms with Gasteiger partial charge in [-0.15, -0.1) is 47.0 Å². The van der Waals surface area contributed by atoms with Gasteiger partial charge in [0, 0.05) is 31.0 Å². The number of fused-ring (bicyclic) bond motifs is 2. The molecule has 0 saturated carbocycles. The highest BCUT2D eigenvalue weighted by molar-refractivity contribution is 8.19. The molecule has 23 heavy (non-hydrogen) atoms. The predicted molar refractivity (Wildman–Crippen MR) is 103 cm³/mol. The maximum absolute atomic E-state index is 3.68. The zero-order valence-corrected chi connectivity index (χ0v) is 15.3. The summed E-state index contributed by atoms with van der Waals surface area (Å²) in [6.45, 7) is 0. The van der Waals surface area contributed by atoms with Crippen LogP contribution in [0.15, 0.2) is 80.2 Å². The molecule has 0 saturated heterocycles. The maximum atomic E-state index is 3.68. The summed E-state index contributed by atoms with van der Waals surface area (Å²) in [5.41, 5.74) is 2.65.